The first-order valence-electron chi connectivity index (χ1n) is 5.57. The van der Waals surface area contributed by atoms with E-state index in [1.165, 1.54) is 18.2 Å². The Kier molecular flexibility index (Phi) is 4.94. The molecule has 0 fully saturated rings. The van der Waals surface area contributed by atoms with Crippen LogP contribution < -0.4 is 0 Å². The number of rotatable bonds is 4. The maximum absolute atomic E-state index is 12.9. The van der Waals surface area contributed by atoms with Crippen LogP contribution in [0.25, 0.3) is 0 Å². The highest BCUT2D eigenvalue weighted by atomic mass is 35.5. The summed E-state index contributed by atoms with van der Waals surface area (Å²) in [5.41, 5.74) is 1.19. The number of nitrogens with zero attached hydrogens (tertiary/aromatic N) is 1. The third kappa shape index (κ3) is 4.00. The zero-order valence-electron chi connectivity index (χ0n) is 10.3. The van der Waals surface area contributed by atoms with Gasteiger partial charge in [0.1, 0.15) is 5.82 Å². The van der Waals surface area contributed by atoms with Crippen molar-refractivity contribution in [2.45, 2.75) is 25.6 Å². The van der Waals surface area contributed by atoms with E-state index in [-0.39, 0.29) is 17.1 Å². The van der Waals surface area contributed by atoms with Crippen LogP contribution in [0, 0.1) is 12.7 Å². The molecule has 94 valence electrons. The molecule has 0 heterocycles. The molecule has 0 bridgehead atoms. The van der Waals surface area contributed by atoms with Crippen molar-refractivity contribution in [1.29, 1.82) is 0 Å². The van der Waals surface area contributed by atoms with Gasteiger partial charge in [-0.05, 0) is 44.0 Å². The fourth-order valence-corrected chi connectivity index (χ4v) is 1.64. The van der Waals surface area contributed by atoms with E-state index in [1.54, 1.807) is 18.9 Å². The number of halogens is 2. The first kappa shape index (κ1) is 14.0. The molecule has 2 nitrogen and oxygen atoms in total. The summed E-state index contributed by atoms with van der Waals surface area (Å²) in [6.07, 6.45) is 0.740. The third-order valence-electron chi connectivity index (χ3n) is 2.63. The molecule has 0 saturated heterocycles. The van der Waals surface area contributed by atoms with Gasteiger partial charge in [0, 0.05) is 24.5 Å². The van der Waals surface area contributed by atoms with Crippen LogP contribution in [-0.4, -0.2) is 29.8 Å². The van der Waals surface area contributed by atoms with Crippen molar-refractivity contribution in [3.05, 3.63) is 35.1 Å². The van der Waals surface area contributed by atoms with Gasteiger partial charge in [0.2, 0.25) is 0 Å². The molecule has 1 amide bonds. The molecule has 4 heteroatoms. The molecule has 17 heavy (non-hydrogen) atoms. The van der Waals surface area contributed by atoms with Gasteiger partial charge < -0.3 is 4.90 Å². The second-order valence-corrected chi connectivity index (χ2v) is 5.00. The summed E-state index contributed by atoms with van der Waals surface area (Å²) in [5, 5.41) is 0.0413. The minimum Gasteiger partial charge on any atom is -0.342 e. The van der Waals surface area contributed by atoms with Crippen LogP contribution in [0.4, 0.5) is 4.39 Å². The molecule has 0 spiro atoms. The summed E-state index contributed by atoms with van der Waals surface area (Å²) in [7, 11) is 1.73. The highest BCUT2D eigenvalue weighted by molar-refractivity contribution is 6.20. The average Bonchev–Trinajstić information content (AvgIpc) is 2.25. The normalized spacial score (nSPS) is 12.3. The van der Waals surface area contributed by atoms with E-state index in [1.807, 2.05) is 6.92 Å². The SMILES string of the molecule is Cc1cc(F)ccc1C(=O)N(C)CCC(C)Cl. The van der Waals surface area contributed by atoms with E-state index in [4.69, 9.17) is 11.6 Å². The first-order valence-corrected chi connectivity index (χ1v) is 6.01. The number of alkyl halides is 1. The van der Waals surface area contributed by atoms with Crippen molar-refractivity contribution in [3.63, 3.8) is 0 Å². The minimum atomic E-state index is -0.323. The summed E-state index contributed by atoms with van der Waals surface area (Å²) < 4.78 is 12.9. The van der Waals surface area contributed by atoms with Crippen LogP contribution in [-0.2, 0) is 0 Å². The Morgan fingerprint density at radius 3 is 2.71 bits per heavy atom. The fourth-order valence-electron chi connectivity index (χ4n) is 1.55. The summed E-state index contributed by atoms with van der Waals surface area (Å²) in [6, 6.07) is 4.19. The van der Waals surface area contributed by atoms with Gasteiger partial charge in [-0.15, -0.1) is 11.6 Å². The van der Waals surface area contributed by atoms with Crippen LogP contribution >= 0.6 is 11.6 Å². The van der Waals surface area contributed by atoms with Gasteiger partial charge in [-0.3, -0.25) is 4.79 Å². The number of carbonyl (C=O) groups excluding carboxylic acids is 1. The van der Waals surface area contributed by atoms with E-state index in [0.29, 0.717) is 17.7 Å². The molecule has 0 aromatic heterocycles. The highest BCUT2D eigenvalue weighted by Crippen LogP contribution is 2.13. The topological polar surface area (TPSA) is 20.3 Å². The third-order valence-corrected chi connectivity index (χ3v) is 2.85. The summed E-state index contributed by atoms with van der Waals surface area (Å²) in [5.74, 6) is -0.420. The standard InChI is InChI=1S/C13H17ClFNO/c1-9-8-11(15)4-5-12(9)13(17)16(3)7-6-10(2)14/h4-5,8,10H,6-7H2,1-3H3. The van der Waals surface area contributed by atoms with Gasteiger partial charge in [-0.25, -0.2) is 4.39 Å². The molecule has 0 N–H and O–H groups in total. The molecule has 1 atom stereocenters. The lowest BCUT2D eigenvalue weighted by molar-refractivity contribution is 0.0793. The molecule has 1 aromatic rings. The largest absolute Gasteiger partial charge is 0.342 e. The molecule has 0 aliphatic rings. The van der Waals surface area contributed by atoms with Gasteiger partial charge in [0.15, 0.2) is 0 Å². The van der Waals surface area contributed by atoms with Crippen LogP contribution in [0.1, 0.15) is 29.3 Å². The van der Waals surface area contributed by atoms with Gasteiger partial charge in [-0.1, -0.05) is 0 Å². The lowest BCUT2D eigenvalue weighted by atomic mass is 10.1. The quantitative estimate of drug-likeness (QED) is 0.759. The van der Waals surface area contributed by atoms with E-state index in [0.717, 1.165) is 6.42 Å². The number of aryl methyl sites for hydroxylation is 1. The van der Waals surface area contributed by atoms with Crippen LogP contribution in [0.2, 0.25) is 0 Å². The molecular formula is C13H17ClFNO. The molecule has 0 radical (unpaired) electrons. The van der Waals surface area contributed by atoms with E-state index in [9.17, 15) is 9.18 Å². The van der Waals surface area contributed by atoms with Crippen LogP contribution in [0.15, 0.2) is 18.2 Å². The summed E-state index contributed by atoms with van der Waals surface area (Å²) in [6.45, 7) is 4.22. The predicted octanol–water partition coefficient (Wildman–Crippen LogP) is 3.22. The van der Waals surface area contributed by atoms with E-state index < -0.39 is 0 Å². The molecule has 1 rings (SSSR count). The average molecular weight is 258 g/mol. The van der Waals surface area contributed by atoms with Gasteiger partial charge in [-0.2, -0.15) is 0 Å². The minimum absolute atomic E-state index is 0.0413. The van der Waals surface area contributed by atoms with Gasteiger partial charge in [0.05, 0.1) is 0 Å². The Morgan fingerprint density at radius 1 is 1.53 bits per heavy atom. The zero-order chi connectivity index (χ0) is 13.0. The Morgan fingerprint density at radius 2 is 2.18 bits per heavy atom. The maximum atomic E-state index is 12.9. The van der Waals surface area contributed by atoms with Crippen LogP contribution in [0.3, 0.4) is 0 Å². The number of hydrogen-bond acceptors (Lipinski definition) is 1. The molecular weight excluding hydrogens is 241 g/mol. The van der Waals surface area contributed by atoms with Crippen molar-refractivity contribution in [2.75, 3.05) is 13.6 Å². The zero-order valence-corrected chi connectivity index (χ0v) is 11.1. The maximum Gasteiger partial charge on any atom is 0.253 e. The molecule has 1 aromatic carbocycles. The Labute approximate surface area is 106 Å². The van der Waals surface area contributed by atoms with Gasteiger partial charge >= 0.3 is 0 Å². The first-order chi connectivity index (χ1) is 7.91. The molecule has 0 aliphatic heterocycles. The second kappa shape index (κ2) is 6.01. The van der Waals surface area contributed by atoms with E-state index >= 15 is 0 Å². The Balaban J connectivity index is 2.75. The number of benzene rings is 1. The number of carbonyl (C=O) groups is 1. The van der Waals surface area contributed by atoms with Crippen molar-refractivity contribution in [2.24, 2.45) is 0 Å². The van der Waals surface area contributed by atoms with Crippen LogP contribution in [0.5, 0.6) is 0 Å². The predicted molar refractivity (Wildman–Crippen MR) is 68.0 cm³/mol. The van der Waals surface area contributed by atoms with Crippen molar-refractivity contribution >= 4 is 17.5 Å². The number of hydrogen-bond donors (Lipinski definition) is 0. The smallest absolute Gasteiger partial charge is 0.253 e. The summed E-state index contributed by atoms with van der Waals surface area (Å²) in [4.78, 5) is 13.7. The summed E-state index contributed by atoms with van der Waals surface area (Å²) >= 11 is 5.84. The second-order valence-electron chi connectivity index (χ2n) is 4.26. The molecule has 0 aliphatic carbocycles. The number of amides is 1. The van der Waals surface area contributed by atoms with E-state index in [2.05, 4.69) is 0 Å². The fraction of sp³-hybridized carbons (Fsp3) is 0.462. The Bertz CT molecular complexity index is 406. The molecule has 1 unspecified atom stereocenters. The van der Waals surface area contributed by atoms with Crippen molar-refractivity contribution < 1.29 is 9.18 Å². The van der Waals surface area contributed by atoms with Crippen molar-refractivity contribution in [3.8, 4) is 0 Å². The monoisotopic (exact) mass is 257 g/mol. The highest BCUT2D eigenvalue weighted by Gasteiger charge is 2.14. The molecule has 0 saturated carbocycles. The lowest BCUT2D eigenvalue weighted by Gasteiger charge is -2.18. The lowest BCUT2D eigenvalue weighted by Crippen LogP contribution is -2.29. The van der Waals surface area contributed by atoms with Crippen molar-refractivity contribution in [1.82, 2.24) is 4.90 Å². The Hall–Kier alpha value is -1.09. The van der Waals surface area contributed by atoms with Gasteiger partial charge in [0.25, 0.3) is 5.91 Å².